The first-order valence-corrected chi connectivity index (χ1v) is 12.4. The monoisotopic (exact) mass is 446 g/mol. The van der Waals surface area contributed by atoms with Gasteiger partial charge in [-0.05, 0) is 40.0 Å². The maximum atomic E-state index is 12.9. The minimum absolute atomic E-state index is 0.0151. The van der Waals surface area contributed by atoms with Crippen molar-refractivity contribution < 1.29 is 22.7 Å². The molecule has 2 aliphatic rings. The Labute approximate surface area is 181 Å². The van der Waals surface area contributed by atoms with Gasteiger partial charge in [0.2, 0.25) is 5.91 Å². The molecule has 2 rings (SSSR count). The number of hydrogen-bond acceptors (Lipinski definition) is 5. The van der Waals surface area contributed by atoms with Gasteiger partial charge in [0.25, 0.3) is 10.2 Å². The van der Waals surface area contributed by atoms with Crippen LogP contribution in [0.3, 0.4) is 0 Å². The fraction of sp³-hybridized carbons (Fsp3) is 0.900. The quantitative estimate of drug-likeness (QED) is 0.603. The summed E-state index contributed by atoms with van der Waals surface area (Å²) in [5.41, 5.74) is -0.551. The van der Waals surface area contributed by atoms with E-state index in [1.165, 1.54) is 15.0 Å². The van der Waals surface area contributed by atoms with Crippen LogP contribution in [-0.4, -0.2) is 85.3 Å². The van der Waals surface area contributed by atoms with Gasteiger partial charge in [-0.1, -0.05) is 19.3 Å². The van der Waals surface area contributed by atoms with E-state index in [0.717, 1.165) is 25.7 Å². The van der Waals surface area contributed by atoms with Crippen LogP contribution in [0, 0.1) is 0 Å². The SMILES string of the molecule is CN(C1CCCCC1)S(=O)(=O)N1CCN(C(=O)CCCNC(=O)OC(C)(C)C)CC1. The lowest BCUT2D eigenvalue weighted by Gasteiger charge is -2.38. The molecular weight excluding hydrogens is 408 g/mol. The lowest BCUT2D eigenvalue weighted by atomic mass is 9.96. The molecule has 0 radical (unpaired) electrons. The molecule has 10 heteroatoms. The number of nitrogens with one attached hydrogen (secondary N) is 1. The lowest BCUT2D eigenvalue weighted by molar-refractivity contribution is -0.132. The first-order chi connectivity index (χ1) is 14.0. The van der Waals surface area contributed by atoms with Crippen LogP contribution >= 0.6 is 0 Å². The van der Waals surface area contributed by atoms with Crippen LogP contribution in [-0.2, 0) is 19.7 Å². The van der Waals surface area contributed by atoms with Crippen molar-refractivity contribution in [1.82, 2.24) is 18.8 Å². The van der Waals surface area contributed by atoms with Crippen molar-refractivity contribution in [3.8, 4) is 0 Å². The third-order valence-corrected chi connectivity index (χ3v) is 7.65. The second-order valence-corrected chi connectivity index (χ2v) is 11.1. The van der Waals surface area contributed by atoms with E-state index in [2.05, 4.69) is 5.32 Å². The molecule has 1 aliphatic carbocycles. The van der Waals surface area contributed by atoms with Gasteiger partial charge in [0, 0.05) is 52.2 Å². The average Bonchev–Trinajstić information content (AvgIpc) is 2.70. The van der Waals surface area contributed by atoms with Crippen molar-refractivity contribution in [2.45, 2.75) is 77.4 Å². The number of ether oxygens (including phenoxy) is 1. The summed E-state index contributed by atoms with van der Waals surface area (Å²) in [4.78, 5) is 25.7. The second-order valence-electron chi connectivity index (χ2n) is 9.13. The molecule has 2 fully saturated rings. The Hall–Kier alpha value is -1.39. The van der Waals surface area contributed by atoms with Gasteiger partial charge < -0.3 is 15.0 Å². The molecule has 2 amide bonds. The first-order valence-electron chi connectivity index (χ1n) is 11.0. The number of nitrogens with zero attached hydrogens (tertiary/aromatic N) is 3. The van der Waals surface area contributed by atoms with Crippen molar-refractivity contribution in [2.24, 2.45) is 0 Å². The zero-order valence-electron chi connectivity index (χ0n) is 18.9. The summed E-state index contributed by atoms with van der Waals surface area (Å²) >= 11 is 0. The van der Waals surface area contributed by atoms with Gasteiger partial charge >= 0.3 is 6.09 Å². The highest BCUT2D eigenvalue weighted by Gasteiger charge is 2.35. The maximum absolute atomic E-state index is 12.9. The number of carbonyl (C=O) groups is 2. The summed E-state index contributed by atoms with van der Waals surface area (Å²) < 4.78 is 34.0. The molecule has 9 nitrogen and oxygen atoms in total. The largest absolute Gasteiger partial charge is 0.444 e. The predicted octanol–water partition coefficient (Wildman–Crippen LogP) is 1.94. The van der Waals surface area contributed by atoms with E-state index >= 15 is 0 Å². The normalized spacial score (nSPS) is 19.7. The summed E-state index contributed by atoms with van der Waals surface area (Å²) in [5.74, 6) is -0.0151. The van der Waals surface area contributed by atoms with Crippen LogP contribution in [0.1, 0.15) is 65.7 Å². The molecule has 0 atom stereocenters. The number of carbonyl (C=O) groups excluding carboxylic acids is 2. The molecule has 0 aromatic carbocycles. The van der Waals surface area contributed by atoms with E-state index in [-0.39, 0.29) is 11.9 Å². The Balaban J connectivity index is 1.71. The third-order valence-electron chi connectivity index (χ3n) is 5.61. The van der Waals surface area contributed by atoms with Crippen LogP contribution in [0.4, 0.5) is 4.79 Å². The molecule has 0 aromatic heterocycles. The van der Waals surface area contributed by atoms with Crippen LogP contribution in [0.15, 0.2) is 0 Å². The Morgan fingerprint density at radius 1 is 1.07 bits per heavy atom. The molecule has 1 saturated carbocycles. The molecule has 30 heavy (non-hydrogen) atoms. The van der Waals surface area contributed by atoms with E-state index in [0.29, 0.717) is 45.6 Å². The molecule has 1 aliphatic heterocycles. The van der Waals surface area contributed by atoms with Gasteiger partial charge in [-0.3, -0.25) is 4.79 Å². The molecule has 0 unspecified atom stereocenters. The minimum atomic E-state index is -3.49. The Bertz CT molecular complexity index is 678. The Morgan fingerprint density at radius 2 is 1.67 bits per heavy atom. The summed E-state index contributed by atoms with van der Waals surface area (Å²) in [7, 11) is -1.81. The number of amides is 2. The number of rotatable bonds is 7. The van der Waals surface area contributed by atoms with Gasteiger partial charge in [0.05, 0.1) is 0 Å². The lowest BCUT2D eigenvalue weighted by Crippen LogP contribution is -2.55. The zero-order chi connectivity index (χ0) is 22.4. The van der Waals surface area contributed by atoms with Gasteiger partial charge in [-0.2, -0.15) is 17.0 Å². The molecule has 0 spiro atoms. The highest BCUT2D eigenvalue weighted by molar-refractivity contribution is 7.86. The molecule has 174 valence electrons. The molecule has 0 bridgehead atoms. The summed E-state index contributed by atoms with van der Waals surface area (Å²) in [5, 5.41) is 2.64. The third kappa shape index (κ3) is 7.39. The van der Waals surface area contributed by atoms with E-state index in [4.69, 9.17) is 4.74 Å². The van der Waals surface area contributed by atoms with Crippen LogP contribution < -0.4 is 5.32 Å². The second kappa shape index (κ2) is 10.8. The van der Waals surface area contributed by atoms with E-state index in [9.17, 15) is 18.0 Å². The molecular formula is C20H38N4O5S. The highest BCUT2D eigenvalue weighted by atomic mass is 32.2. The van der Waals surface area contributed by atoms with Gasteiger partial charge in [-0.25, -0.2) is 4.79 Å². The number of alkyl carbamates (subject to hydrolysis) is 1. The molecule has 1 saturated heterocycles. The van der Waals surface area contributed by atoms with Crippen molar-refractivity contribution >= 4 is 22.2 Å². The van der Waals surface area contributed by atoms with Crippen molar-refractivity contribution in [1.29, 1.82) is 0 Å². The molecule has 1 N–H and O–H groups in total. The molecule has 0 aromatic rings. The predicted molar refractivity (Wildman–Crippen MR) is 115 cm³/mol. The van der Waals surface area contributed by atoms with E-state index < -0.39 is 21.9 Å². The topological polar surface area (TPSA) is 99.3 Å². The smallest absolute Gasteiger partial charge is 0.407 e. The number of piperazine rings is 1. The fourth-order valence-corrected chi connectivity index (χ4v) is 5.46. The average molecular weight is 447 g/mol. The number of hydrogen-bond donors (Lipinski definition) is 1. The summed E-state index contributed by atoms with van der Waals surface area (Å²) in [6, 6.07) is 0.0842. The van der Waals surface area contributed by atoms with Crippen molar-refractivity contribution in [3.63, 3.8) is 0 Å². The van der Waals surface area contributed by atoms with E-state index in [1.54, 1.807) is 32.7 Å². The summed E-state index contributed by atoms with van der Waals surface area (Å²) in [6.45, 7) is 7.19. The highest BCUT2D eigenvalue weighted by Crippen LogP contribution is 2.25. The fourth-order valence-electron chi connectivity index (χ4n) is 3.89. The first kappa shape index (κ1) is 24.9. The summed E-state index contributed by atoms with van der Waals surface area (Å²) in [6.07, 6.45) is 5.52. The van der Waals surface area contributed by atoms with Gasteiger partial charge in [0.1, 0.15) is 5.60 Å². The maximum Gasteiger partial charge on any atom is 0.407 e. The van der Waals surface area contributed by atoms with Crippen LogP contribution in [0.2, 0.25) is 0 Å². The van der Waals surface area contributed by atoms with Crippen LogP contribution in [0.5, 0.6) is 0 Å². The van der Waals surface area contributed by atoms with Crippen molar-refractivity contribution in [2.75, 3.05) is 39.8 Å². The van der Waals surface area contributed by atoms with E-state index in [1.807, 2.05) is 0 Å². The molecule has 1 heterocycles. The Morgan fingerprint density at radius 3 is 2.23 bits per heavy atom. The Kier molecular flexibility index (Phi) is 8.93. The van der Waals surface area contributed by atoms with Crippen LogP contribution in [0.25, 0.3) is 0 Å². The van der Waals surface area contributed by atoms with Gasteiger partial charge in [-0.15, -0.1) is 0 Å². The van der Waals surface area contributed by atoms with Crippen molar-refractivity contribution in [3.05, 3.63) is 0 Å². The zero-order valence-corrected chi connectivity index (χ0v) is 19.7. The standard InChI is InChI=1S/C20H38N4O5S/c1-20(2,3)29-19(26)21-12-8-11-18(25)23-13-15-24(16-14-23)30(27,28)22(4)17-9-6-5-7-10-17/h17H,5-16H2,1-4H3,(H,21,26). The van der Waals surface area contributed by atoms with Gasteiger partial charge in [0.15, 0.2) is 0 Å². The minimum Gasteiger partial charge on any atom is -0.444 e.